The molecule has 2 N–H and O–H groups in total. The van der Waals surface area contributed by atoms with Crippen LogP contribution in [0.25, 0.3) is 0 Å². The lowest BCUT2D eigenvalue weighted by Crippen LogP contribution is -2.05. The molecule has 0 bridgehead atoms. The van der Waals surface area contributed by atoms with Crippen molar-refractivity contribution in [3.63, 3.8) is 0 Å². The number of nitrogens with two attached hydrogens (primary N) is 1. The maximum Gasteiger partial charge on any atom is 0.141 e. The quantitative estimate of drug-likeness (QED) is 0.783. The fourth-order valence-electron chi connectivity index (χ4n) is 1.30. The van der Waals surface area contributed by atoms with Crippen molar-refractivity contribution in [2.75, 3.05) is 13.2 Å². The molecule has 0 aromatic heterocycles. The molecule has 0 radical (unpaired) electrons. The van der Waals surface area contributed by atoms with Crippen molar-refractivity contribution in [2.45, 2.75) is 13.3 Å². The summed E-state index contributed by atoms with van der Waals surface area (Å²) in [6, 6.07) is 5.73. The maximum atomic E-state index is 6.05. The zero-order valence-electron chi connectivity index (χ0n) is 8.87. The van der Waals surface area contributed by atoms with E-state index in [9.17, 15) is 0 Å². The van der Waals surface area contributed by atoms with Crippen LogP contribution in [-0.4, -0.2) is 13.2 Å². The largest absolute Gasteiger partial charge is 0.488 e. The average molecular weight is 226 g/mol. The van der Waals surface area contributed by atoms with Crippen LogP contribution in [0.15, 0.2) is 30.4 Å². The van der Waals surface area contributed by atoms with Gasteiger partial charge in [-0.3, -0.25) is 0 Å². The summed E-state index contributed by atoms with van der Waals surface area (Å²) in [5.41, 5.74) is 6.59. The summed E-state index contributed by atoms with van der Waals surface area (Å²) in [6.07, 6.45) is 4.67. The molecule has 0 saturated heterocycles. The Labute approximate surface area is 95.7 Å². The Hall–Kier alpha value is -0.990. The Balaban J connectivity index is 2.81. The molecule has 0 atom stereocenters. The number of hydrogen-bond acceptors (Lipinski definition) is 2. The van der Waals surface area contributed by atoms with E-state index in [1.54, 1.807) is 0 Å². The first-order valence-electron chi connectivity index (χ1n) is 5.01. The Morgan fingerprint density at radius 3 is 2.93 bits per heavy atom. The predicted octanol–water partition coefficient (Wildman–Crippen LogP) is 2.80. The SMILES string of the molecule is C/C=C/COc1c(Cl)cccc1CCN. The summed E-state index contributed by atoms with van der Waals surface area (Å²) in [6.45, 7) is 3.09. The molecule has 0 unspecified atom stereocenters. The summed E-state index contributed by atoms with van der Waals surface area (Å²) in [5, 5.41) is 0.644. The lowest BCUT2D eigenvalue weighted by atomic mass is 10.1. The molecule has 1 aromatic rings. The van der Waals surface area contributed by atoms with Crippen molar-refractivity contribution >= 4 is 11.6 Å². The molecular weight excluding hydrogens is 210 g/mol. The van der Waals surface area contributed by atoms with E-state index in [-0.39, 0.29) is 0 Å². The number of allylic oxidation sites excluding steroid dienone is 1. The van der Waals surface area contributed by atoms with Crippen LogP contribution in [0.3, 0.4) is 0 Å². The normalized spacial score (nSPS) is 10.9. The molecule has 0 heterocycles. The average Bonchev–Trinajstić information content (AvgIpc) is 2.23. The zero-order chi connectivity index (χ0) is 11.1. The highest BCUT2D eigenvalue weighted by Crippen LogP contribution is 2.28. The third kappa shape index (κ3) is 3.57. The molecule has 0 aliphatic heterocycles. The molecule has 2 nitrogen and oxygen atoms in total. The minimum atomic E-state index is 0.539. The molecule has 0 spiro atoms. The number of para-hydroxylation sites is 1. The standard InChI is InChI=1S/C12H16ClNO/c1-2-3-9-15-12-10(7-8-14)5-4-6-11(12)13/h2-6H,7-9,14H2,1H3/b3-2+. The van der Waals surface area contributed by atoms with Gasteiger partial charge in [-0.2, -0.15) is 0 Å². The van der Waals surface area contributed by atoms with Gasteiger partial charge in [-0.05, 0) is 31.5 Å². The first-order valence-corrected chi connectivity index (χ1v) is 5.38. The molecule has 15 heavy (non-hydrogen) atoms. The molecular formula is C12H16ClNO. The van der Waals surface area contributed by atoms with Gasteiger partial charge in [-0.15, -0.1) is 0 Å². The monoisotopic (exact) mass is 225 g/mol. The second-order valence-corrected chi connectivity index (χ2v) is 3.55. The van der Waals surface area contributed by atoms with Crippen molar-refractivity contribution in [3.8, 4) is 5.75 Å². The molecule has 3 heteroatoms. The highest BCUT2D eigenvalue weighted by molar-refractivity contribution is 6.32. The van der Waals surface area contributed by atoms with Crippen LogP contribution in [0.1, 0.15) is 12.5 Å². The van der Waals surface area contributed by atoms with Crippen LogP contribution in [0.5, 0.6) is 5.75 Å². The van der Waals surface area contributed by atoms with Gasteiger partial charge < -0.3 is 10.5 Å². The molecule has 0 aliphatic rings. The van der Waals surface area contributed by atoms with Gasteiger partial charge in [-0.25, -0.2) is 0 Å². The van der Waals surface area contributed by atoms with E-state index in [2.05, 4.69) is 0 Å². The zero-order valence-corrected chi connectivity index (χ0v) is 9.63. The van der Waals surface area contributed by atoms with E-state index < -0.39 is 0 Å². The number of hydrogen-bond donors (Lipinski definition) is 1. The van der Waals surface area contributed by atoms with Crippen molar-refractivity contribution in [2.24, 2.45) is 5.73 Å². The third-order valence-electron chi connectivity index (χ3n) is 2.02. The van der Waals surface area contributed by atoms with Crippen LogP contribution in [-0.2, 0) is 6.42 Å². The van der Waals surface area contributed by atoms with Gasteiger partial charge in [0.25, 0.3) is 0 Å². The van der Waals surface area contributed by atoms with Gasteiger partial charge in [0, 0.05) is 0 Å². The molecule has 0 amide bonds. The Kier molecular flexibility index (Phi) is 5.22. The molecule has 1 rings (SSSR count). The Bertz CT molecular complexity index is 336. The second kappa shape index (κ2) is 6.49. The van der Waals surface area contributed by atoms with Gasteiger partial charge in [0.2, 0.25) is 0 Å². The van der Waals surface area contributed by atoms with E-state index in [1.165, 1.54) is 0 Å². The van der Waals surface area contributed by atoms with Gasteiger partial charge in [0.15, 0.2) is 0 Å². The summed E-state index contributed by atoms with van der Waals surface area (Å²) in [4.78, 5) is 0. The van der Waals surface area contributed by atoms with E-state index in [0.717, 1.165) is 17.7 Å². The smallest absolute Gasteiger partial charge is 0.141 e. The summed E-state index contributed by atoms with van der Waals surface area (Å²) in [7, 11) is 0. The van der Waals surface area contributed by atoms with E-state index in [0.29, 0.717) is 18.2 Å². The minimum Gasteiger partial charge on any atom is -0.488 e. The lowest BCUT2D eigenvalue weighted by molar-refractivity contribution is 0.359. The minimum absolute atomic E-state index is 0.539. The highest BCUT2D eigenvalue weighted by Gasteiger charge is 2.06. The first kappa shape index (κ1) is 12.1. The molecule has 0 aliphatic carbocycles. The Morgan fingerprint density at radius 2 is 2.27 bits per heavy atom. The van der Waals surface area contributed by atoms with Gasteiger partial charge in [0.05, 0.1) is 5.02 Å². The summed E-state index contributed by atoms with van der Waals surface area (Å²) < 4.78 is 5.59. The number of ether oxygens (including phenoxy) is 1. The van der Waals surface area contributed by atoms with Crippen molar-refractivity contribution in [1.29, 1.82) is 0 Å². The van der Waals surface area contributed by atoms with E-state index >= 15 is 0 Å². The van der Waals surface area contributed by atoms with Crippen molar-refractivity contribution in [3.05, 3.63) is 40.9 Å². The van der Waals surface area contributed by atoms with Crippen molar-refractivity contribution in [1.82, 2.24) is 0 Å². The summed E-state index contributed by atoms with van der Waals surface area (Å²) in [5.74, 6) is 0.753. The molecule has 82 valence electrons. The predicted molar refractivity (Wildman–Crippen MR) is 64.5 cm³/mol. The molecule has 0 fully saturated rings. The van der Waals surface area contributed by atoms with Crippen LogP contribution < -0.4 is 10.5 Å². The van der Waals surface area contributed by atoms with Crippen molar-refractivity contribution < 1.29 is 4.74 Å². The molecule has 1 aromatic carbocycles. The summed E-state index contributed by atoms with van der Waals surface area (Å²) >= 11 is 6.05. The third-order valence-corrected chi connectivity index (χ3v) is 2.32. The Morgan fingerprint density at radius 1 is 1.47 bits per heavy atom. The fourth-order valence-corrected chi connectivity index (χ4v) is 1.54. The first-order chi connectivity index (χ1) is 7.29. The van der Waals surface area contributed by atoms with E-state index in [4.69, 9.17) is 22.1 Å². The topological polar surface area (TPSA) is 35.2 Å². The van der Waals surface area contributed by atoms with Crippen LogP contribution in [0, 0.1) is 0 Å². The highest BCUT2D eigenvalue weighted by atomic mass is 35.5. The number of halogens is 1. The molecule has 0 saturated carbocycles. The van der Waals surface area contributed by atoms with E-state index in [1.807, 2.05) is 37.3 Å². The fraction of sp³-hybridized carbons (Fsp3) is 0.333. The second-order valence-electron chi connectivity index (χ2n) is 3.15. The van der Waals surface area contributed by atoms with Crippen LogP contribution in [0.2, 0.25) is 5.02 Å². The number of rotatable bonds is 5. The van der Waals surface area contributed by atoms with Gasteiger partial charge in [0.1, 0.15) is 12.4 Å². The van der Waals surface area contributed by atoms with Gasteiger partial charge >= 0.3 is 0 Å². The van der Waals surface area contributed by atoms with Crippen LogP contribution >= 0.6 is 11.6 Å². The van der Waals surface area contributed by atoms with Gasteiger partial charge in [-0.1, -0.05) is 35.9 Å². The van der Waals surface area contributed by atoms with Crippen LogP contribution in [0.4, 0.5) is 0 Å². The lowest BCUT2D eigenvalue weighted by Gasteiger charge is -2.11. The maximum absolute atomic E-state index is 6.05. The number of benzene rings is 1.